The van der Waals surface area contributed by atoms with Crippen LogP contribution < -0.4 is 0 Å². The van der Waals surface area contributed by atoms with E-state index in [2.05, 4.69) is 0 Å². The average Bonchev–Trinajstić information content (AvgIpc) is 2.68. The molecule has 22 heavy (non-hydrogen) atoms. The summed E-state index contributed by atoms with van der Waals surface area (Å²) in [4.78, 5) is 0.215. The van der Waals surface area contributed by atoms with Crippen molar-refractivity contribution in [2.45, 2.75) is 30.5 Å². The van der Waals surface area contributed by atoms with Crippen molar-refractivity contribution in [2.24, 2.45) is 0 Å². The molecule has 0 radical (unpaired) electrons. The summed E-state index contributed by atoms with van der Waals surface area (Å²) in [6, 6.07) is 14.5. The third-order valence-electron chi connectivity index (χ3n) is 4.05. The molecule has 0 saturated heterocycles. The lowest BCUT2D eigenvalue weighted by molar-refractivity contribution is 0.0121. The molecule has 1 heterocycles. The van der Waals surface area contributed by atoms with Gasteiger partial charge in [-0.25, -0.2) is 8.42 Å². The van der Waals surface area contributed by atoms with Crippen molar-refractivity contribution < 1.29 is 13.5 Å². The Kier molecular flexibility index (Phi) is 3.83. The fourth-order valence-electron chi connectivity index (χ4n) is 2.94. The summed E-state index contributed by atoms with van der Waals surface area (Å²) in [5.41, 5.74) is 0.415. The van der Waals surface area contributed by atoms with Crippen molar-refractivity contribution in [1.82, 2.24) is 4.31 Å². The van der Waals surface area contributed by atoms with Crippen LogP contribution in [0.5, 0.6) is 0 Å². The van der Waals surface area contributed by atoms with E-state index in [1.807, 2.05) is 66.8 Å². The van der Waals surface area contributed by atoms with E-state index in [0.29, 0.717) is 9.13 Å². The van der Waals surface area contributed by atoms with E-state index in [-0.39, 0.29) is 4.90 Å². The zero-order valence-electron chi connectivity index (χ0n) is 12.2. The summed E-state index contributed by atoms with van der Waals surface area (Å²) in [7, 11) is -3.76. The van der Waals surface area contributed by atoms with Crippen molar-refractivity contribution >= 4 is 32.6 Å². The van der Waals surface area contributed by atoms with Crippen molar-refractivity contribution in [3.63, 3.8) is 0 Å². The summed E-state index contributed by atoms with van der Waals surface area (Å²) >= 11 is 2.00. The molecule has 0 amide bonds. The number of sulfonamides is 1. The Morgan fingerprint density at radius 3 is 2.32 bits per heavy atom. The molecular formula is C16H16INO3S. The number of halogens is 1. The van der Waals surface area contributed by atoms with Gasteiger partial charge in [-0.3, -0.25) is 0 Å². The number of hydrogen-bond acceptors (Lipinski definition) is 3. The quantitative estimate of drug-likeness (QED) is 0.747. The Hall–Kier alpha value is -0.960. The summed E-state index contributed by atoms with van der Waals surface area (Å²) in [6.45, 7) is 3.61. The topological polar surface area (TPSA) is 57.6 Å². The highest BCUT2D eigenvalue weighted by molar-refractivity contribution is 14.1. The Labute approximate surface area is 144 Å². The minimum atomic E-state index is -3.76. The van der Waals surface area contributed by atoms with Gasteiger partial charge in [-0.05, 0) is 48.1 Å². The highest BCUT2D eigenvalue weighted by Crippen LogP contribution is 2.47. The van der Waals surface area contributed by atoms with Gasteiger partial charge in [0.1, 0.15) is 11.1 Å². The second kappa shape index (κ2) is 5.30. The van der Waals surface area contributed by atoms with Gasteiger partial charge in [-0.2, -0.15) is 4.31 Å². The first-order chi connectivity index (χ1) is 10.3. The van der Waals surface area contributed by atoms with Crippen LogP contribution in [0.15, 0.2) is 53.4 Å². The van der Waals surface area contributed by atoms with Crippen LogP contribution >= 0.6 is 22.6 Å². The van der Waals surface area contributed by atoms with Crippen LogP contribution in [0, 0.1) is 3.57 Å². The number of fused-ring (bicyclic) bond motifs is 1. The van der Waals surface area contributed by atoms with E-state index in [0.717, 1.165) is 5.56 Å². The monoisotopic (exact) mass is 429 g/mol. The van der Waals surface area contributed by atoms with Crippen LogP contribution in [-0.2, 0) is 15.6 Å². The van der Waals surface area contributed by atoms with Gasteiger partial charge < -0.3 is 5.11 Å². The van der Waals surface area contributed by atoms with Gasteiger partial charge in [0, 0.05) is 9.13 Å². The van der Waals surface area contributed by atoms with Gasteiger partial charge in [-0.1, -0.05) is 42.5 Å². The Morgan fingerprint density at radius 2 is 1.73 bits per heavy atom. The molecule has 2 aromatic carbocycles. The van der Waals surface area contributed by atoms with Gasteiger partial charge in [0.05, 0.1) is 5.54 Å². The second-order valence-electron chi connectivity index (χ2n) is 5.76. The van der Waals surface area contributed by atoms with Crippen molar-refractivity contribution in [3.8, 4) is 0 Å². The predicted octanol–water partition coefficient (Wildman–Crippen LogP) is 3.22. The maximum absolute atomic E-state index is 13.0. The van der Waals surface area contributed by atoms with Crippen molar-refractivity contribution in [3.05, 3.63) is 63.2 Å². The fourth-order valence-corrected chi connectivity index (χ4v) is 6.36. The zero-order chi connectivity index (χ0) is 16.1. The third kappa shape index (κ3) is 2.20. The lowest BCUT2D eigenvalue weighted by atomic mass is 9.93. The molecule has 3 rings (SSSR count). The van der Waals surface area contributed by atoms with E-state index in [9.17, 15) is 13.5 Å². The molecular weight excluding hydrogens is 413 g/mol. The van der Waals surface area contributed by atoms with Crippen molar-refractivity contribution in [1.29, 1.82) is 0 Å². The number of benzene rings is 2. The van der Waals surface area contributed by atoms with Gasteiger partial charge in [0.2, 0.25) is 10.0 Å². The number of hydrogen-bond donors (Lipinski definition) is 1. The summed E-state index contributed by atoms with van der Waals surface area (Å²) in [5.74, 6) is 0. The zero-order valence-corrected chi connectivity index (χ0v) is 15.2. The summed E-state index contributed by atoms with van der Waals surface area (Å²) in [5, 5.41) is 10.6. The van der Waals surface area contributed by atoms with Crippen LogP contribution in [0.1, 0.15) is 31.2 Å². The Morgan fingerprint density at radius 1 is 1.09 bits per heavy atom. The van der Waals surface area contributed by atoms with Crippen LogP contribution in [0.3, 0.4) is 0 Å². The van der Waals surface area contributed by atoms with E-state index in [1.165, 1.54) is 4.31 Å². The first-order valence-corrected chi connectivity index (χ1v) is 9.36. The fraction of sp³-hybridized carbons (Fsp3) is 0.250. The molecule has 1 unspecified atom stereocenters. The molecule has 1 atom stereocenters. The lowest BCUT2D eigenvalue weighted by Gasteiger charge is -2.36. The van der Waals surface area contributed by atoms with Crippen LogP contribution in [0.2, 0.25) is 0 Å². The van der Waals surface area contributed by atoms with Gasteiger partial charge in [0.25, 0.3) is 0 Å². The SMILES string of the molecule is CC(C)(c1ccccc1)N1C(O)c2cccc(I)c2S1(=O)=O. The molecule has 0 bridgehead atoms. The summed E-state index contributed by atoms with van der Waals surface area (Å²) in [6.07, 6.45) is -1.18. The van der Waals surface area contributed by atoms with E-state index in [4.69, 9.17) is 0 Å². The third-order valence-corrected chi connectivity index (χ3v) is 7.46. The smallest absolute Gasteiger partial charge is 0.247 e. The molecule has 1 N–H and O–H groups in total. The summed E-state index contributed by atoms with van der Waals surface area (Å²) < 4.78 is 27.8. The van der Waals surface area contributed by atoms with Crippen LogP contribution in [-0.4, -0.2) is 17.8 Å². The molecule has 1 aliphatic heterocycles. The van der Waals surface area contributed by atoms with Gasteiger partial charge in [0.15, 0.2) is 0 Å². The lowest BCUT2D eigenvalue weighted by Crippen LogP contribution is -2.44. The van der Waals surface area contributed by atoms with Crippen LogP contribution in [0.4, 0.5) is 0 Å². The molecule has 0 spiro atoms. The molecule has 0 aliphatic carbocycles. The highest BCUT2D eigenvalue weighted by atomic mass is 127. The number of aliphatic hydroxyl groups excluding tert-OH is 1. The van der Waals surface area contributed by atoms with E-state index in [1.54, 1.807) is 18.2 Å². The Balaban J connectivity index is 2.20. The molecule has 116 valence electrons. The van der Waals surface area contributed by atoms with Crippen molar-refractivity contribution in [2.75, 3.05) is 0 Å². The minimum Gasteiger partial charge on any atom is -0.373 e. The first kappa shape index (κ1) is 15.9. The number of rotatable bonds is 2. The molecule has 0 saturated carbocycles. The Bertz CT molecular complexity index is 819. The normalized spacial score (nSPS) is 20.8. The van der Waals surface area contributed by atoms with E-state index >= 15 is 0 Å². The molecule has 0 aromatic heterocycles. The standard InChI is InChI=1S/C16H16INO3S/c1-16(2,11-7-4-3-5-8-11)18-15(19)12-9-6-10-13(17)14(12)22(18,20)21/h3-10,15,19H,1-2H3. The minimum absolute atomic E-state index is 0.215. The number of aliphatic hydroxyl groups is 1. The number of nitrogens with zero attached hydrogens (tertiary/aromatic N) is 1. The molecule has 0 fully saturated rings. The predicted molar refractivity (Wildman–Crippen MR) is 92.6 cm³/mol. The van der Waals surface area contributed by atoms with Crippen LogP contribution in [0.25, 0.3) is 0 Å². The molecule has 1 aliphatic rings. The first-order valence-electron chi connectivity index (χ1n) is 6.84. The molecule has 6 heteroatoms. The molecule has 2 aromatic rings. The molecule has 4 nitrogen and oxygen atoms in total. The highest BCUT2D eigenvalue weighted by Gasteiger charge is 2.50. The largest absolute Gasteiger partial charge is 0.373 e. The maximum atomic E-state index is 13.0. The maximum Gasteiger partial charge on any atom is 0.247 e. The van der Waals surface area contributed by atoms with Gasteiger partial charge in [-0.15, -0.1) is 0 Å². The second-order valence-corrected chi connectivity index (χ2v) is 8.67. The average molecular weight is 429 g/mol. The van der Waals surface area contributed by atoms with E-state index < -0.39 is 21.8 Å². The van der Waals surface area contributed by atoms with Gasteiger partial charge >= 0.3 is 0 Å².